The third-order valence-electron chi connectivity index (χ3n) is 6.91. The van der Waals surface area contributed by atoms with Gasteiger partial charge < -0.3 is 24.4 Å². The zero-order chi connectivity index (χ0) is 27.8. The topological polar surface area (TPSA) is 95.9 Å². The standard InChI is InChI=1S/C29H39N5O5/c1-21(2)30-29(36)33(14-13-32-15-17-39-18-16-32)20-28(35)34-27(23-7-11-25(38-4)12-8-23)19-26(31-34)22-5-9-24(37-3)10-6-22/h5-12,21,27H,13-20H2,1-4H3,(H,30,36)/t27-/m1/s1. The van der Waals surface area contributed by atoms with Crippen molar-refractivity contribution in [1.82, 2.24) is 20.1 Å². The second-order valence-corrected chi connectivity index (χ2v) is 9.99. The summed E-state index contributed by atoms with van der Waals surface area (Å²) in [6.07, 6.45) is 0.552. The van der Waals surface area contributed by atoms with Gasteiger partial charge in [-0.15, -0.1) is 0 Å². The number of amides is 3. The Bertz CT molecular complexity index is 1130. The Balaban J connectivity index is 1.56. The summed E-state index contributed by atoms with van der Waals surface area (Å²) < 4.78 is 16.1. The number of ether oxygens (including phenoxy) is 3. The van der Waals surface area contributed by atoms with Gasteiger partial charge in [0.05, 0.1) is 39.2 Å². The van der Waals surface area contributed by atoms with Crippen molar-refractivity contribution < 1.29 is 23.8 Å². The largest absolute Gasteiger partial charge is 0.497 e. The summed E-state index contributed by atoms with van der Waals surface area (Å²) in [6, 6.07) is 14.7. The number of hydrogen-bond acceptors (Lipinski definition) is 7. The average molecular weight is 538 g/mol. The average Bonchev–Trinajstić information content (AvgIpc) is 3.41. The number of hydrazone groups is 1. The molecule has 1 atom stereocenters. The molecular formula is C29H39N5O5. The summed E-state index contributed by atoms with van der Waals surface area (Å²) in [5.41, 5.74) is 2.67. The van der Waals surface area contributed by atoms with Crippen molar-refractivity contribution in [3.8, 4) is 11.5 Å². The molecule has 2 aliphatic rings. The molecule has 0 aliphatic carbocycles. The van der Waals surface area contributed by atoms with Crippen LogP contribution in [0.5, 0.6) is 11.5 Å². The van der Waals surface area contributed by atoms with Gasteiger partial charge in [0, 0.05) is 38.6 Å². The van der Waals surface area contributed by atoms with Gasteiger partial charge >= 0.3 is 6.03 Å². The van der Waals surface area contributed by atoms with Crippen molar-refractivity contribution in [2.45, 2.75) is 32.4 Å². The molecule has 2 aliphatic heterocycles. The van der Waals surface area contributed by atoms with Crippen LogP contribution < -0.4 is 14.8 Å². The number of carbonyl (C=O) groups excluding carboxylic acids is 2. The maximum absolute atomic E-state index is 13.8. The Kier molecular flexibility index (Phi) is 9.78. The second kappa shape index (κ2) is 13.4. The van der Waals surface area contributed by atoms with Crippen LogP contribution in [0.4, 0.5) is 4.79 Å². The minimum Gasteiger partial charge on any atom is -0.497 e. The second-order valence-electron chi connectivity index (χ2n) is 9.99. The van der Waals surface area contributed by atoms with E-state index in [1.165, 1.54) is 5.01 Å². The van der Waals surface area contributed by atoms with Crippen LogP contribution in [0, 0.1) is 0 Å². The highest BCUT2D eigenvalue weighted by Crippen LogP contribution is 2.34. The van der Waals surface area contributed by atoms with Crippen LogP contribution in [0.25, 0.3) is 0 Å². The quantitative estimate of drug-likeness (QED) is 0.500. The van der Waals surface area contributed by atoms with Crippen LogP contribution in [0.15, 0.2) is 53.6 Å². The van der Waals surface area contributed by atoms with Gasteiger partial charge in [0.2, 0.25) is 0 Å². The number of nitrogens with one attached hydrogen (secondary N) is 1. The highest BCUT2D eigenvalue weighted by molar-refractivity contribution is 6.03. The normalized spacial score (nSPS) is 17.6. The van der Waals surface area contributed by atoms with E-state index >= 15 is 0 Å². The Morgan fingerprint density at radius 1 is 1.03 bits per heavy atom. The number of urea groups is 1. The first-order chi connectivity index (χ1) is 18.9. The molecule has 10 heteroatoms. The van der Waals surface area contributed by atoms with Crippen LogP contribution in [-0.4, -0.2) is 98.7 Å². The number of nitrogens with zero attached hydrogens (tertiary/aromatic N) is 4. The number of morpholine rings is 1. The molecule has 2 aromatic carbocycles. The Hall–Kier alpha value is -3.63. The van der Waals surface area contributed by atoms with Crippen molar-refractivity contribution in [1.29, 1.82) is 0 Å². The van der Waals surface area contributed by atoms with E-state index < -0.39 is 0 Å². The van der Waals surface area contributed by atoms with E-state index in [9.17, 15) is 9.59 Å². The van der Waals surface area contributed by atoms with Crippen molar-refractivity contribution in [3.05, 3.63) is 59.7 Å². The summed E-state index contributed by atoms with van der Waals surface area (Å²) in [5, 5.41) is 9.25. The first-order valence-electron chi connectivity index (χ1n) is 13.4. The summed E-state index contributed by atoms with van der Waals surface area (Å²) >= 11 is 0. The third kappa shape index (κ3) is 7.48. The number of hydrogen-bond donors (Lipinski definition) is 1. The van der Waals surface area contributed by atoms with Gasteiger partial charge in [-0.2, -0.15) is 5.10 Å². The lowest BCUT2D eigenvalue weighted by molar-refractivity contribution is -0.133. The maximum Gasteiger partial charge on any atom is 0.318 e. The third-order valence-corrected chi connectivity index (χ3v) is 6.91. The highest BCUT2D eigenvalue weighted by atomic mass is 16.5. The first kappa shape index (κ1) is 28.4. The van der Waals surface area contributed by atoms with Gasteiger partial charge in [-0.1, -0.05) is 12.1 Å². The van der Waals surface area contributed by atoms with Gasteiger partial charge in [-0.25, -0.2) is 9.80 Å². The molecule has 210 valence electrons. The van der Waals surface area contributed by atoms with E-state index in [2.05, 4.69) is 10.2 Å². The van der Waals surface area contributed by atoms with Crippen LogP contribution in [-0.2, 0) is 9.53 Å². The van der Waals surface area contributed by atoms with E-state index in [0.717, 1.165) is 41.4 Å². The minimum absolute atomic E-state index is 0.0444. The van der Waals surface area contributed by atoms with E-state index in [4.69, 9.17) is 19.3 Å². The number of carbonyl (C=O) groups is 2. The molecule has 0 spiro atoms. The Labute approximate surface area is 230 Å². The van der Waals surface area contributed by atoms with Crippen molar-refractivity contribution in [2.24, 2.45) is 5.10 Å². The zero-order valence-corrected chi connectivity index (χ0v) is 23.3. The van der Waals surface area contributed by atoms with Crippen molar-refractivity contribution >= 4 is 17.6 Å². The monoisotopic (exact) mass is 537 g/mol. The van der Waals surface area contributed by atoms with Gasteiger partial charge in [0.15, 0.2) is 0 Å². The molecule has 3 amide bonds. The van der Waals surface area contributed by atoms with Crippen LogP contribution >= 0.6 is 0 Å². The van der Waals surface area contributed by atoms with Crippen LogP contribution in [0.3, 0.4) is 0 Å². The molecule has 0 bridgehead atoms. The number of methoxy groups -OCH3 is 2. The van der Waals surface area contributed by atoms with E-state index in [0.29, 0.717) is 32.7 Å². The number of rotatable bonds is 10. The first-order valence-corrected chi connectivity index (χ1v) is 13.4. The molecule has 0 aromatic heterocycles. The molecule has 2 aromatic rings. The molecule has 0 radical (unpaired) electrons. The van der Waals surface area contributed by atoms with E-state index in [1.807, 2.05) is 62.4 Å². The Morgan fingerprint density at radius 2 is 1.64 bits per heavy atom. The van der Waals surface area contributed by atoms with E-state index in [-0.39, 0.29) is 30.6 Å². The maximum atomic E-state index is 13.8. The fourth-order valence-electron chi connectivity index (χ4n) is 4.70. The molecule has 0 saturated carbocycles. The van der Waals surface area contributed by atoms with Crippen LogP contribution in [0.2, 0.25) is 0 Å². The molecule has 39 heavy (non-hydrogen) atoms. The van der Waals surface area contributed by atoms with Gasteiger partial charge in [-0.3, -0.25) is 9.69 Å². The van der Waals surface area contributed by atoms with Gasteiger partial charge in [0.1, 0.15) is 18.0 Å². The highest BCUT2D eigenvalue weighted by Gasteiger charge is 2.34. The minimum atomic E-state index is -0.297. The lowest BCUT2D eigenvalue weighted by Gasteiger charge is -2.31. The molecule has 10 nitrogen and oxygen atoms in total. The van der Waals surface area contributed by atoms with Crippen molar-refractivity contribution in [2.75, 3.05) is 60.2 Å². The summed E-state index contributed by atoms with van der Waals surface area (Å²) in [6.45, 7) is 7.83. The molecule has 2 heterocycles. The fraction of sp³-hybridized carbons (Fsp3) is 0.483. The fourth-order valence-corrected chi connectivity index (χ4v) is 4.70. The summed E-state index contributed by atoms with van der Waals surface area (Å²) in [5.74, 6) is 1.26. The molecular weight excluding hydrogens is 498 g/mol. The smallest absolute Gasteiger partial charge is 0.318 e. The number of benzene rings is 2. The van der Waals surface area contributed by atoms with Gasteiger partial charge in [-0.05, 0) is 61.4 Å². The predicted molar refractivity (Wildman–Crippen MR) is 149 cm³/mol. The SMILES string of the molecule is COc1ccc(C2=NN(C(=O)CN(CCN3CCOCC3)C(=O)NC(C)C)[C@@H](c3ccc(OC)cc3)C2)cc1. The van der Waals surface area contributed by atoms with Crippen molar-refractivity contribution in [3.63, 3.8) is 0 Å². The molecule has 1 saturated heterocycles. The lowest BCUT2D eigenvalue weighted by Crippen LogP contribution is -2.50. The van der Waals surface area contributed by atoms with Gasteiger partial charge in [0.25, 0.3) is 5.91 Å². The molecule has 0 unspecified atom stereocenters. The summed E-state index contributed by atoms with van der Waals surface area (Å²) in [7, 11) is 3.25. The molecule has 1 fully saturated rings. The zero-order valence-electron chi connectivity index (χ0n) is 23.3. The molecule has 1 N–H and O–H groups in total. The predicted octanol–water partition coefficient (Wildman–Crippen LogP) is 3.13. The Morgan fingerprint density at radius 3 is 2.23 bits per heavy atom. The summed E-state index contributed by atoms with van der Waals surface area (Å²) in [4.78, 5) is 30.7. The molecule has 4 rings (SSSR count). The lowest BCUT2D eigenvalue weighted by atomic mass is 9.98. The van der Waals surface area contributed by atoms with E-state index in [1.54, 1.807) is 19.1 Å². The van der Waals surface area contributed by atoms with Crippen LogP contribution in [0.1, 0.15) is 37.4 Å².